The van der Waals surface area contributed by atoms with Crippen LogP contribution in [0.1, 0.15) is 136 Å². The smallest absolute Gasteiger partial charge is 0.407 e. The number of ketones is 3. The first-order chi connectivity index (χ1) is 47.8. The molecule has 0 aromatic carbocycles. The van der Waals surface area contributed by atoms with Gasteiger partial charge in [0.1, 0.15) is 36.2 Å². The molecule has 6 aliphatic rings. The standard InChI is InChI=1S/C73H109N11O16/c1-46-15-11-10-12-16-48(3)60(95-8)39-55-20-18-52(7)73(94,100-55)67(90)68(91)84-23-14-13-17-57(84)69(92)98-61(40-58(85)49(4)36-51(6)65(88)66(89)64(87)50(5)35-46)56(74)37-53-19-21-59(62(38-53)96-9)99-72(93)79-45-54-43-77-71(78-44-54)83-30-28-81(29-31-83)63(86)22-33-97-34-32-80-24-26-82(27-25-80)70-75-41-47(2)42-76-70/h10-12,15-16,36,41-44,46,49-50,52-53,55-57,59-62,65-66,88-89,94H,13-14,17-35,37-40,45,74H2,1-9H3,(H,79,93)/b12-10+,15-11+,48-16+,51-36+/t46-,49-,50?,52-,53?,55+,56-,57+,59-,60+,61+,62-,65-,66+,73-/m1/s1. The van der Waals surface area contributed by atoms with Crippen molar-refractivity contribution in [3.8, 4) is 0 Å². The van der Waals surface area contributed by atoms with Crippen molar-refractivity contribution in [2.75, 3.05) is 103 Å². The Kier molecular flexibility index (Phi) is 29.8. The molecule has 8 rings (SSSR count). The van der Waals surface area contributed by atoms with Crippen molar-refractivity contribution < 1.29 is 77.3 Å². The lowest BCUT2D eigenvalue weighted by atomic mass is 9.80. The Morgan fingerprint density at radius 2 is 1.43 bits per heavy atom. The number of nitrogens with zero attached hydrogens (tertiary/aromatic N) is 9. The van der Waals surface area contributed by atoms with Crippen LogP contribution in [0, 0.1) is 36.5 Å². The second-order valence-electron chi connectivity index (χ2n) is 28.3. The van der Waals surface area contributed by atoms with E-state index in [1.807, 2.05) is 73.3 Å². The van der Waals surface area contributed by atoms with E-state index in [1.165, 1.54) is 20.1 Å². The first kappa shape index (κ1) is 78.8. The minimum atomic E-state index is -2.51. The lowest BCUT2D eigenvalue weighted by Crippen LogP contribution is -2.61. The highest BCUT2D eigenvalue weighted by atomic mass is 16.6. The van der Waals surface area contributed by atoms with Crippen molar-refractivity contribution >= 4 is 53.1 Å². The van der Waals surface area contributed by atoms with Gasteiger partial charge in [-0.05, 0) is 114 Å². The van der Waals surface area contributed by atoms with E-state index in [1.54, 1.807) is 40.3 Å². The molecular formula is C73H109N11O16. The molecule has 27 nitrogen and oxygen atoms in total. The molecule has 6 N–H and O–H groups in total. The number of methoxy groups -OCH3 is 2. The number of rotatable bonds is 16. The van der Waals surface area contributed by atoms with E-state index in [0.29, 0.717) is 109 Å². The van der Waals surface area contributed by atoms with Crippen LogP contribution in [0.15, 0.2) is 72.4 Å². The van der Waals surface area contributed by atoms with Crippen LogP contribution in [-0.2, 0) is 63.7 Å². The second kappa shape index (κ2) is 37.8. The third kappa shape index (κ3) is 21.8. The van der Waals surface area contributed by atoms with Crippen LogP contribution in [-0.4, -0.2) is 245 Å². The number of ether oxygens (including phenoxy) is 6. The number of hydrogen-bond acceptors (Lipinski definition) is 24. The van der Waals surface area contributed by atoms with Gasteiger partial charge in [0.2, 0.25) is 23.6 Å². The largest absolute Gasteiger partial charge is 0.459 e. The number of esters is 1. The van der Waals surface area contributed by atoms with Crippen molar-refractivity contribution in [2.24, 2.45) is 35.3 Å². The number of alkyl carbamates (subject to hydrolysis) is 1. The number of amides is 3. The van der Waals surface area contributed by atoms with E-state index in [9.17, 15) is 48.9 Å². The lowest BCUT2D eigenvalue weighted by Gasteiger charge is -2.42. The molecule has 2 unspecified atom stereocenters. The van der Waals surface area contributed by atoms with E-state index >= 15 is 0 Å². The van der Waals surface area contributed by atoms with Gasteiger partial charge in [-0.1, -0.05) is 64.2 Å². The van der Waals surface area contributed by atoms with Crippen molar-refractivity contribution in [1.82, 2.24) is 40.0 Å². The quantitative estimate of drug-likeness (QED) is 0.0644. The SMILES string of the molecule is CO[C@H]1C[C@@H]2CC[C@@H](C)[C@@](O)(O2)C(=O)C(=O)N2CCCC[C@H]2C(=O)O[C@H]([C@H](N)CC2CC[C@@H](OC(=O)NCc3cnc(N4CCN(C(=O)CCOCCN5CCN(c6ncc(C)cn6)CC5)CC4)nc3)[C@H](OC)C2)CC(=O)[C@H](C)/C=C(\C)[C@@H](O)[C@@H](O)C(=O)C(C)C[C@H](C)/C=C/C=C/C=C/1C. The highest BCUT2D eigenvalue weighted by Crippen LogP contribution is 2.38. The molecule has 4 saturated heterocycles. The van der Waals surface area contributed by atoms with Crippen molar-refractivity contribution in [3.05, 3.63) is 83.5 Å². The molecule has 7 heterocycles. The number of fused-ring (bicyclic) bond motifs is 3. The summed E-state index contributed by atoms with van der Waals surface area (Å²) in [4.78, 5) is 125. The third-order valence-electron chi connectivity index (χ3n) is 20.7. The number of carbonyl (C=O) groups excluding carboxylic acids is 7. The van der Waals surface area contributed by atoms with Crippen LogP contribution in [0.4, 0.5) is 16.7 Å². The third-order valence-corrected chi connectivity index (χ3v) is 20.7. The first-order valence-electron chi connectivity index (χ1n) is 35.9. The molecule has 15 atom stereocenters. The van der Waals surface area contributed by atoms with Crippen LogP contribution < -0.4 is 20.9 Å². The molecule has 1 saturated carbocycles. The molecule has 552 valence electrons. The van der Waals surface area contributed by atoms with Gasteiger partial charge in [0.25, 0.3) is 11.7 Å². The molecule has 3 amide bonds. The maximum Gasteiger partial charge on any atom is 0.407 e. The Morgan fingerprint density at radius 3 is 2.11 bits per heavy atom. The zero-order valence-electron chi connectivity index (χ0n) is 60.0. The fourth-order valence-electron chi connectivity index (χ4n) is 14.2. The Balaban J connectivity index is 0.843. The van der Waals surface area contributed by atoms with Crippen LogP contribution in [0.5, 0.6) is 0 Å². The van der Waals surface area contributed by atoms with E-state index in [2.05, 4.69) is 35.1 Å². The predicted octanol–water partition coefficient (Wildman–Crippen LogP) is 4.92. The fraction of sp³-hybridized carbons (Fsp3) is 0.685. The number of hydrogen-bond donors (Lipinski definition) is 5. The molecular weight excluding hydrogens is 1290 g/mol. The monoisotopic (exact) mass is 1400 g/mol. The first-order valence-corrected chi connectivity index (χ1v) is 35.9. The van der Waals surface area contributed by atoms with E-state index < -0.39 is 120 Å². The van der Waals surface area contributed by atoms with Gasteiger partial charge in [-0.25, -0.2) is 29.5 Å². The Labute approximate surface area is 588 Å². The number of anilines is 2. The van der Waals surface area contributed by atoms with Crippen molar-refractivity contribution in [3.63, 3.8) is 0 Å². The molecule has 0 radical (unpaired) electrons. The van der Waals surface area contributed by atoms with Gasteiger partial charge in [0.15, 0.2) is 5.78 Å². The number of aryl methyl sites for hydroxylation is 1. The number of Topliss-reactive ketones (excluding diaryl/α,β-unsaturated/α-hetero) is 3. The number of piperazine rings is 2. The lowest BCUT2D eigenvalue weighted by molar-refractivity contribution is -0.265. The molecule has 0 spiro atoms. The zero-order valence-corrected chi connectivity index (χ0v) is 60.0. The summed E-state index contributed by atoms with van der Waals surface area (Å²) >= 11 is 0. The Morgan fingerprint density at radius 1 is 0.750 bits per heavy atom. The minimum absolute atomic E-state index is 0.00137. The van der Waals surface area contributed by atoms with E-state index in [0.717, 1.165) is 54.7 Å². The summed E-state index contributed by atoms with van der Waals surface area (Å²) in [6.45, 7) is 19.7. The van der Waals surface area contributed by atoms with Gasteiger partial charge < -0.3 is 74.4 Å². The topological polar surface area (TPSA) is 341 Å². The van der Waals surface area contributed by atoms with E-state index in [-0.39, 0.29) is 55.7 Å². The summed E-state index contributed by atoms with van der Waals surface area (Å²) in [6.07, 6.45) is 14.0. The average Bonchev–Trinajstić information content (AvgIpc) is 0.773. The number of aliphatic hydroxyl groups is 3. The predicted molar refractivity (Wildman–Crippen MR) is 372 cm³/mol. The molecule has 27 heteroatoms. The number of carbonyl (C=O) groups is 7. The van der Waals surface area contributed by atoms with Gasteiger partial charge in [-0.2, -0.15) is 0 Å². The molecule has 2 aromatic rings. The summed E-state index contributed by atoms with van der Waals surface area (Å²) in [5.74, 6) is -7.96. The highest BCUT2D eigenvalue weighted by Gasteiger charge is 2.53. The number of allylic oxidation sites excluding steroid dienone is 6. The second-order valence-corrected chi connectivity index (χ2v) is 28.3. The van der Waals surface area contributed by atoms with Gasteiger partial charge >= 0.3 is 12.1 Å². The van der Waals surface area contributed by atoms with Gasteiger partial charge in [-0.3, -0.25) is 28.9 Å². The normalized spacial score (nSPS) is 32.3. The zero-order chi connectivity index (χ0) is 72.2. The van der Waals surface area contributed by atoms with E-state index in [4.69, 9.17) is 34.2 Å². The molecule has 2 bridgehead atoms. The Hall–Kier alpha value is -6.95. The summed E-state index contributed by atoms with van der Waals surface area (Å²) in [5.41, 5.74) is 9.72. The van der Waals surface area contributed by atoms with Gasteiger partial charge in [0, 0.05) is 153 Å². The van der Waals surface area contributed by atoms with Gasteiger partial charge in [0.05, 0.1) is 37.9 Å². The van der Waals surface area contributed by atoms with Crippen LogP contribution in [0.2, 0.25) is 0 Å². The number of aliphatic hydroxyl groups excluding tert-OH is 2. The highest BCUT2D eigenvalue weighted by molar-refractivity contribution is 6.39. The molecule has 100 heavy (non-hydrogen) atoms. The van der Waals surface area contributed by atoms with Gasteiger partial charge in [-0.15, -0.1) is 0 Å². The number of nitrogens with one attached hydrogen (secondary N) is 1. The fourth-order valence-corrected chi connectivity index (χ4v) is 14.2. The van der Waals surface area contributed by atoms with Crippen LogP contribution >= 0.6 is 0 Å². The average molecular weight is 1400 g/mol. The molecule has 5 fully saturated rings. The molecule has 5 aliphatic heterocycles. The van der Waals surface area contributed by atoms with Crippen LogP contribution in [0.3, 0.4) is 0 Å². The van der Waals surface area contributed by atoms with Crippen molar-refractivity contribution in [2.45, 2.75) is 199 Å². The number of aromatic nitrogens is 4. The molecule has 1 aliphatic carbocycles. The Bertz CT molecular complexity index is 3170. The van der Waals surface area contributed by atoms with Crippen molar-refractivity contribution in [1.29, 1.82) is 0 Å². The summed E-state index contributed by atoms with van der Waals surface area (Å²) in [5, 5.41) is 37.4. The minimum Gasteiger partial charge on any atom is -0.459 e. The maximum atomic E-state index is 14.7. The molecule has 2 aromatic heterocycles. The number of piperidine rings is 1. The summed E-state index contributed by atoms with van der Waals surface area (Å²) in [7, 11) is 3.07. The number of nitrogens with two attached hydrogens (primary N) is 1. The number of cyclic esters (lactones) is 1. The van der Waals surface area contributed by atoms with Crippen LogP contribution in [0.25, 0.3) is 0 Å². The summed E-state index contributed by atoms with van der Waals surface area (Å²) in [6, 6.07) is -2.25. The maximum absolute atomic E-state index is 14.7. The summed E-state index contributed by atoms with van der Waals surface area (Å²) < 4.78 is 36.0.